The zero-order chi connectivity index (χ0) is 20.2. The van der Waals surface area contributed by atoms with Gasteiger partial charge in [0.05, 0.1) is 0 Å². The topological polar surface area (TPSA) is 100 Å². The molecular formula is C22H20N4O3. The van der Waals surface area contributed by atoms with Gasteiger partial charge in [-0.3, -0.25) is 9.59 Å². The van der Waals surface area contributed by atoms with Gasteiger partial charge < -0.3 is 20.1 Å². The number of rotatable bonds is 6. The van der Waals surface area contributed by atoms with E-state index in [0.29, 0.717) is 29.2 Å². The fourth-order valence-electron chi connectivity index (χ4n) is 3.14. The second-order valence-electron chi connectivity index (χ2n) is 6.72. The van der Waals surface area contributed by atoms with Crippen molar-refractivity contribution < 1.29 is 14.1 Å². The molecule has 0 saturated carbocycles. The number of aromatic nitrogens is 2. The van der Waals surface area contributed by atoms with Crippen LogP contribution in [0.15, 0.2) is 65.3 Å². The summed E-state index contributed by atoms with van der Waals surface area (Å²) in [5.41, 5.74) is 3.18. The monoisotopic (exact) mass is 388 g/mol. The van der Waals surface area contributed by atoms with Gasteiger partial charge in [-0.05, 0) is 49.2 Å². The summed E-state index contributed by atoms with van der Waals surface area (Å²) in [5, 5.41) is 10.5. The van der Waals surface area contributed by atoms with E-state index < -0.39 is 0 Å². The molecule has 7 nitrogen and oxygen atoms in total. The second kappa shape index (κ2) is 8.02. The van der Waals surface area contributed by atoms with E-state index in [9.17, 15) is 9.59 Å². The Morgan fingerprint density at radius 3 is 2.48 bits per heavy atom. The van der Waals surface area contributed by atoms with E-state index in [2.05, 4.69) is 26.8 Å². The summed E-state index contributed by atoms with van der Waals surface area (Å²) in [5.74, 6) is 0.472. The lowest BCUT2D eigenvalue weighted by atomic mass is 10.1. The van der Waals surface area contributed by atoms with Crippen LogP contribution in [0.5, 0.6) is 0 Å². The molecule has 2 aromatic heterocycles. The van der Waals surface area contributed by atoms with Crippen LogP contribution in [0.3, 0.4) is 0 Å². The van der Waals surface area contributed by atoms with Crippen LogP contribution in [-0.4, -0.2) is 28.5 Å². The van der Waals surface area contributed by atoms with E-state index in [1.165, 1.54) is 5.39 Å². The number of hydrogen-bond acceptors (Lipinski definition) is 4. The Bertz CT molecular complexity index is 1160. The Morgan fingerprint density at radius 1 is 1.03 bits per heavy atom. The fraction of sp³-hybridized carbons (Fsp3) is 0.136. The normalized spacial score (nSPS) is 10.8. The minimum absolute atomic E-state index is 0.177. The molecule has 29 heavy (non-hydrogen) atoms. The van der Waals surface area contributed by atoms with Crippen molar-refractivity contribution in [3.63, 3.8) is 0 Å². The Labute approximate surface area is 167 Å². The summed E-state index contributed by atoms with van der Waals surface area (Å²) in [6.45, 7) is 2.27. The Hall–Kier alpha value is -3.87. The minimum atomic E-state index is -0.315. The van der Waals surface area contributed by atoms with E-state index in [-0.39, 0.29) is 11.8 Å². The maximum Gasteiger partial charge on any atom is 0.256 e. The highest BCUT2D eigenvalue weighted by Crippen LogP contribution is 2.17. The average Bonchev–Trinajstić information content (AvgIpc) is 3.34. The zero-order valence-electron chi connectivity index (χ0n) is 15.9. The summed E-state index contributed by atoms with van der Waals surface area (Å²) in [4.78, 5) is 27.8. The second-order valence-corrected chi connectivity index (χ2v) is 6.72. The van der Waals surface area contributed by atoms with Crippen molar-refractivity contribution in [3.8, 4) is 0 Å². The zero-order valence-corrected chi connectivity index (χ0v) is 15.9. The number of benzene rings is 2. The standard InChI is InChI=1S/C22H20N4O3/c1-14-12-20(26-29-14)25-22(28)16-8-6-15(7-9-16)21(27)23-11-10-17-13-24-19-5-3-2-4-18(17)19/h2-9,12-13,24H,10-11H2,1H3,(H,23,27)(H,25,26,28). The minimum Gasteiger partial charge on any atom is -0.361 e. The Balaban J connectivity index is 1.32. The van der Waals surface area contributed by atoms with Crippen molar-refractivity contribution in [2.75, 3.05) is 11.9 Å². The highest BCUT2D eigenvalue weighted by Gasteiger charge is 2.11. The lowest BCUT2D eigenvalue weighted by molar-refractivity contribution is 0.0952. The molecule has 4 aromatic rings. The van der Waals surface area contributed by atoms with Gasteiger partial charge in [0.15, 0.2) is 5.82 Å². The summed E-state index contributed by atoms with van der Waals surface area (Å²) >= 11 is 0. The molecule has 0 unspecified atom stereocenters. The molecule has 4 rings (SSSR count). The van der Waals surface area contributed by atoms with E-state index in [0.717, 1.165) is 17.5 Å². The molecule has 0 fully saturated rings. The Kier molecular flexibility index (Phi) is 5.11. The number of hydrogen-bond donors (Lipinski definition) is 3. The van der Waals surface area contributed by atoms with Crippen molar-refractivity contribution in [2.24, 2.45) is 0 Å². The van der Waals surface area contributed by atoms with Gasteiger partial charge in [-0.2, -0.15) is 0 Å². The average molecular weight is 388 g/mol. The van der Waals surface area contributed by atoms with Gasteiger partial charge in [-0.15, -0.1) is 0 Å². The molecule has 0 bridgehead atoms. The van der Waals surface area contributed by atoms with Crippen LogP contribution in [0.4, 0.5) is 5.82 Å². The number of carbonyl (C=O) groups is 2. The molecule has 0 spiro atoms. The highest BCUT2D eigenvalue weighted by atomic mass is 16.5. The highest BCUT2D eigenvalue weighted by molar-refractivity contribution is 6.04. The SMILES string of the molecule is Cc1cc(NC(=O)c2ccc(C(=O)NCCc3c[nH]c4ccccc34)cc2)no1. The molecule has 0 aliphatic heterocycles. The number of H-pyrrole nitrogens is 1. The maximum atomic E-state index is 12.4. The Morgan fingerprint density at radius 2 is 1.76 bits per heavy atom. The van der Waals surface area contributed by atoms with E-state index >= 15 is 0 Å². The van der Waals surface area contributed by atoms with Crippen LogP contribution >= 0.6 is 0 Å². The van der Waals surface area contributed by atoms with Crippen molar-refractivity contribution >= 4 is 28.5 Å². The van der Waals surface area contributed by atoms with Gasteiger partial charge in [0.1, 0.15) is 5.76 Å². The number of para-hydroxylation sites is 1. The predicted octanol–water partition coefficient (Wildman–Crippen LogP) is 3.69. The molecule has 7 heteroatoms. The summed E-state index contributed by atoms with van der Waals surface area (Å²) < 4.78 is 4.92. The van der Waals surface area contributed by atoms with Crippen LogP contribution in [-0.2, 0) is 6.42 Å². The number of anilines is 1. The van der Waals surface area contributed by atoms with Gasteiger partial charge in [0.25, 0.3) is 11.8 Å². The first-order chi connectivity index (χ1) is 14.1. The van der Waals surface area contributed by atoms with Crippen LogP contribution in [0.2, 0.25) is 0 Å². The first kappa shape index (κ1) is 18.5. The van der Waals surface area contributed by atoms with Crippen molar-refractivity contribution in [3.05, 3.63) is 83.2 Å². The number of fused-ring (bicyclic) bond motifs is 1. The van der Waals surface area contributed by atoms with Crippen LogP contribution in [0.25, 0.3) is 10.9 Å². The molecule has 0 aliphatic carbocycles. The van der Waals surface area contributed by atoms with Crippen molar-refractivity contribution in [2.45, 2.75) is 13.3 Å². The molecule has 0 atom stereocenters. The smallest absolute Gasteiger partial charge is 0.256 e. The molecule has 2 heterocycles. The number of nitrogens with one attached hydrogen (secondary N) is 3. The molecule has 146 valence electrons. The number of nitrogens with zero attached hydrogens (tertiary/aromatic N) is 1. The van der Waals surface area contributed by atoms with Crippen LogP contribution < -0.4 is 10.6 Å². The molecular weight excluding hydrogens is 368 g/mol. The molecule has 0 saturated heterocycles. The quantitative estimate of drug-likeness (QED) is 0.469. The lowest BCUT2D eigenvalue weighted by Gasteiger charge is -2.06. The maximum absolute atomic E-state index is 12.4. The van der Waals surface area contributed by atoms with E-state index in [1.807, 2.05) is 24.4 Å². The number of aromatic amines is 1. The molecule has 2 amide bonds. The van der Waals surface area contributed by atoms with E-state index in [1.54, 1.807) is 37.3 Å². The van der Waals surface area contributed by atoms with Crippen LogP contribution in [0, 0.1) is 6.92 Å². The van der Waals surface area contributed by atoms with Gasteiger partial charge in [0, 0.05) is 40.8 Å². The first-order valence-electron chi connectivity index (χ1n) is 9.28. The fourth-order valence-corrected chi connectivity index (χ4v) is 3.14. The third-order valence-electron chi connectivity index (χ3n) is 4.63. The first-order valence-corrected chi connectivity index (χ1v) is 9.28. The predicted molar refractivity (Wildman–Crippen MR) is 110 cm³/mol. The summed E-state index contributed by atoms with van der Waals surface area (Å²) in [7, 11) is 0. The van der Waals surface area contributed by atoms with Gasteiger partial charge >= 0.3 is 0 Å². The van der Waals surface area contributed by atoms with Gasteiger partial charge in [-0.1, -0.05) is 23.4 Å². The number of aryl methyl sites for hydroxylation is 1. The lowest BCUT2D eigenvalue weighted by Crippen LogP contribution is -2.25. The summed E-state index contributed by atoms with van der Waals surface area (Å²) in [6.07, 6.45) is 2.70. The molecule has 2 aromatic carbocycles. The van der Waals surface area contributed by atoms with E-state index in [4.69, 9.17) is 4.52 Å². The number of amides is 2. The third kappa shape index (κ3) is 4.19. The van der Waals surface area contributed by atoms with Crippen molar-refractivity contribution in [1.29, 1.82) is 0 Å². The summed E-state index contributed by atoms with van der Waals surface area (Å²) in [6, 6.07) is 16.2. The third-order valence-corrected chi connectivity index (χ3v) is 4.63. The largest absolute Gasteiger partial charge is 0.361 e. The molecule has 0 aliphatic rings. The van der Waals surface area contributed by atoms with Gasteiger partial charge in [-0.25, -0.2) is 0 Å². The van der Waals surface area contributed by atoms with Crippen molar-refractivity contribution in [1.82, 2.24) is 15.5 Å². The van der Waals surface area contributed by atoms with Gasteiger partial charge in [0.2, 0.25) is 0 Å². The molecule has 0 radical (unpaired) electrons. The van der Waals surface area contributed by atoms with Crippen LogP contribution in [0.1, 0.15) is 32.0 Å². The number of carbonyl (C=O) groups excluding carboxylic acids is 2. The molecule has 3 N–H and O–H groups in total.